The second kappa shape index (κ2) is 12.4. The number of sulfonamides is 1. The standard InChI is InChI=1S/C30H33Cl2N3O3S/c31-27-14-7-15-28(32)26(27)22-39(37,38)35-16-8-13-25(21-35)30(36)34-19-17-33(18-20-34)29(23-9-3-1-4-10-23)24-11-5-2-6-12-24/h1-7,9-12,14-15,25,29H,8,13,16-22H2/t25-/m1/s1. The Morgan fingerprint density at radius 1 is 0.795 bits per heavy atom. The average Bonchev–Trinajstić information content (AvgIpc) is 2.96. The second-order valence-corrected chi connectivity index (χ2v) is 13.0. The molecule has 0 bridgehead atoms. The zero-order chi connectivity index (χ0) is 27.4. The summed E-state index contributed by atoms with van der Waals surface area (Å²) >= 11 is 12.5. The second-order valence-electron chi connectivity index (χ2n) is 10.2. The molecule has 206 valence electrons. The first kappa shape index (κ1) is 28.1. The van der Waals surface area contributed by atoms with Gasteiger partial charge in [0.15, 0.2) is 0 Å². The van der Waals surface area contributed by atoms with Crippen LogP contribution in [0.2, 0.25) is 10.0 Å². The molecule has 0 unspecified atom stereocenters. The molecule has 39 heavy (non-hydrogen) atoms. The summed E-state index contributed by atoms with van der Waals surface area (Å²) < 4.78 is 28.0. The van der Waals surface area contributed by atoms with Crippen LogP contribution in [0.5, 0.6) is 0 Å². The van der Waals surface area contributed by atoms with Crippen LogP contribution in [0.3, 0.4) is 0 Å². The molecule has 0 spiro atoms. The van der Waals surface area contributed by atoms with Crippen LogP contribution >= 0.6 is 23.2 Å². The van der Waals surface area contributed by atoms with Gasteiger partial charge in [0.05, 0.1) is 17.7 Å². The fourth-order valence-electron chi connectivity index (χ4n) is 5.68. The monoisotopic (exact) mass is 585 g/mol. The van der Waals surface area contributed by atoms with E-state index in [4.69, 9.17) is 23.2 Å². The minimum Gasteiger partial charge on any atom is -0.340 e. The third kappa shape index (κ3) is 6.50. The molecule has 2 saturated heterocycles. The molecule has 1 amide bonds. The van der Waals surface area contributed by atoms with E-state index in [0.29, 0.717) is 48.1 Å². The highest BCUT2D eigenvalue weighted by molar-refractivity contribution is 7.88. The van der Waals surface area contributed by atoms with Crippen molar-refractivity contribution in [2.45, 2.75) is 24.6 Å². The van der Waals surface area contributed by atoms with Crippen LogP contribution < -0.4 is 0 Å². The first-order valence-corrected chi connectivity index (χ1v) is 15.7. The van der Waals surface area contributed by atoms with Gasteiger partial charge < -0.3 is 4.90 Å². The van der Waals surface area contributed by atoms with E-state index in [9.17, 15) is 13.2 Å². The zero-order valence-electron chi connectivity index (χ0n) is 21.8. The van der Waals surface area contributed by atoms with Crippen molar-refractivity contribution in [1.29, 1.82) is 0 Å². The van der Waals surface area contributed by atoms with Gasteiger partial charge in [-0.1, -0.05) is 89.9 Å². The molecule has 2 aliphatic heterocycles. The van der Waals surface area contributed by atoms with E-state index in [-0.39, 0.29) is 30.2 Å². The summed E-state index contributed by atoms with van der Waals surface area (Å²) in [5.74, 6) is -0.576. The number of benzene rings is 3. The van der Waals surface area contributed by atoms with Gasteiger partial charge in [0.1, 0.15) is 0 Å². The van der Waals surface area contributed by atoms with Crippen molar-refractivity contribution in [2.75, 3.05) is 39.3 Å². The van der Waals surface area contributed by atoms with E-state index in [1.54, 1.807) is 18.2 Å². The lowest BCUT2D eigenvalue weighted by Gasteiger charge is -2.41. The van der Waals surface area contributed by atoms with E-state index in [0.717, 1.165) is 13.1 Å². The molecule has 2 fully saturated rings. The molecule has 0 radical (unpaired) electrons. The van der Waals surface area contributed by atoms with Gasteiger partial charge in [0, 0.05) is 54.9 Å². The number of nitrogens with zero attached hydrogens (tertiary/aromatic N) is 3. The summed E-state index contributed by atoms with van der Waals surface area (Å²) in [6, 6.07) is 26.0. The van der Waals surface area contributed by atoms with Gasteiger partial charge >= 0.3 is 0 Å². The summed E-state index contributed by atoms with van der Waals surface area (Å²) in [5.41, 5.74) is 2.86. The molecule has 9 heteroatoms. The maximum absolute atomic E-state index is 13.6. The van der Waals surface area contributed by atoms with Crippen LogP contribution in [0.4, 0.5) is 0 Å². The lowest BCUT2D eigenvalue weighted by atomic mass is 9.95. The number of piperazine rings is 1. The third-order valence-electron chi connectivity index (χ3n) is 7.74. The number of hydrogen-bond acceptors (Lipinski definition) is 4. The van der Waals surface area contributed by atoms with Gasteiger partial charge in [0.25, 0.3) is 0 Å². The van der Waals surface area contributed by atoms with Gasteiger partial charge in [-0.3, -0.25) is 9.69 Å². The Hall–Kier alpha value is -2.42. The predicted octanol–water partition coefficient (Wildman–Crippen LogP) is 5.47. The van der Waals surface area contributed by atoms with Gasteiger partial charge in [-0.25, -0.2) is 12.7 Å². The van der Waals surface area contributed by atoms with Crippen LogP contribution in [0.1, 0.15) is 35.6 Å². The fraction of sp³-hybridized carbons (Fsp3) is 0.367. The van der Waals surface area contributed by atoms with Gasteiger partial charge in [0.2, 0.25) is 15.9 Å². The lowest BCUT2D eigenvalue weighted by Crippen LogP contribution is -2.53. The van der Waals surface area contributed by atoms with Crippen molar-refractivity contribution < 1.29 is 13.2 Å². The average molecular weight is 587 g/mol. The summed E-state index contributed by atoms with van der Waals surface area (Å²) in [7, 11) is -3.67. The molecular formula is C30H33Cl2N3O3S. The summed E-state index contributed by atoms with van der Waals surface area (Å²) in [5, 5.41) is 0.663. The number of carbonyl (C=O) groups excluding carboxylic acids is 1. The van der Waals surface area contributed by atoms with E-state index in [1.807, 2.05) is 17.0 Å². The maximum Gasteiger partial charge on any atom is 0.227 e. The van der Waals surface area contributed by atoms with E-state index >= 15 is 0 Å². The van der Waals surface area contributed by atoms with Gasteiger partial charge in [-0.05, 0) is 36.1 Å². The molecule has 0 aliphatic carbocycles. The molecule has 1 atom stereocenters. The van der Waals surface area contributed by atoms with Crippen LogP contribution in [0.15, 0.2) is 78.9 Å². The normalized spacial score (nSPS) is 19.4. The Morgan fingerprint density at radius 3 is 1.92 bits per heavy atom. The Morgan fingerprint density at radius 2 is 1.36 bits per heavy atom. The molecule has 0 N–H and O–H groups in total. The van der Waals surface area contributed by atoms with Gasteiger partial charge in [-0.2, -0.15) is 0 Å². The van der Waals surface area contributed by atoms with E-state index in [1.165, 1.54) is 15.4 Å². The molecule has 0 aromatic heterocycles. The third-order valence-corrected chi connectivity index (χ3v) is 10.2. The Bertz CT molecular complexity index is 1320. The van der Waals surface area contributed by atoms with Crippen LogP contribution in [-0.2, 0) is 20.6 Å². The van der Waals surface area contributed by atoms with E-state index < -0.39 is 10.0 Å². The highest BCUT2D eigenvalue weighted by Crippen LogP contribution is 2.31. The molecule has 2 heterocycles. The molecular weight excluding hydrogens is 553 g/mol. The smallest absolute Gasteiger partial charge is 0.227 e. The Balaban J connectivity index is 1.24. The highest BCUT2D eigenvalue weighted by atomic mass is 35.5. The molecule has 6 nitrogen and oxygen atoms in total. The number of rotatable bonds is 7. The van der Waals surface area contributed by atoms with Crippen LogP contribution in [0, 0.1) is 5.92 Å². The topological polar surface area (TPSA) is 60.9 Å². The molecule has 5 rings (SSSR count). The maximum atomic E-state index is 13.6. The van der Waals surface area contributed by atoms with E-state index in [2.05, 4.69) is 53.4 Å². The Labute approximate surface area is 241 Å². The van der Waals surface area contributed by atoms with Crippen LogP contribution in [0.25, 0.3) is 0 Å². The summed E-state index contributed by atoms with van der Waals surface area (Å²) in [6.45, 7) is 3.33. The highest BCUT2D eigenvalue weighted by Gasteiger charge is 2.36. The molecule has 3 aromatic rings. The van der Waals surface area contributed by atoms with Crippen molar-refractivity contribution in [3.05, 3.63) is 106 Å². The SMILES string of the molecule is O=C([C@@H]1CCCN(S(=O)(=O)Cc2c(Cl)cccc2Cl)C1)N1CCN(C(c2ccccc2)c2ccccc2)CC1. The fourth-order valence-corrected chi connectivity index (χ4v) is 8.05. The van der Waals surface area contributed by atoms with Crippen molar-refractivity contribution >= 4 is 39.1 Å². The number of carbonyl (C=O) groups is 1. The number of halogens is 2. The number of amides is 1. The van der Waals surface area contributed by atoms with Crippen LogP contribution in [-0.4, -0.2) is 67.7 Å². The molecule has 2 aliphatic rings. The number of hydrogen-bond donors (Lipinski definition) is 0. The van der Waals surface area contributed by atoms with Crippen molar-refractivity contribution in [3.63, 3.8) is 0 Å². The molecule has 0 saturated carbocycles. The number of piperidine rings is 1. The van der Waals surface area contributed by atoms with Gasteiger partial charge in [-0.15, -0.1) is 0 Å². The lowest BCUT2D eigenvalue weighted by molar-refractivity contribution is -0.138. The minimum absolute atomic E-state index is 0.0429. The largest absolute Gasteiger partial charge is 0.340 e. The quantitative estimate of drug-likeness (QED) is 0.369. The summed E-state index contributed by atoms with van der Waals surface area (Å²) in [4.78, 5) is 17.9. The minimum atomic E-state index is -3.67. The first-order valence-electron chi connectivity index (χ1n) is 13.4. The van der Waals surface area contributed by atoms with Crippen molar-refractivity contribution in [1.82, 2.24) is 14.1 Å². The predicted molar refractivity (Wildman–Crippen MR) is 156 cm³/mol. The van der Waals surface area contributed by atoms with Crippen molar-refractivity contribution in [2.24, 2.45) is 5.92 Å². The zero-order valence-corrected chi connectivity index (χ0v) is 24.1. The first-order chi connectivity index (χ1) is 18.8. The summed E-state index contributed by atoms with van der Waals surface area (Å²) in [6.07, 6.45) is 1.34. The van der Waals surface area contributed by atoms with Crippen molar-refractivity contribution in [3.8, 4) is 0 Å². The molecule has 3 aromatic carbocycles. The Kier molecular flexibility index (Phi) is 8.94.